The van der Waals surface area contributed by atoms with Crippen molar-refractivity contribution in [2.45, 2.75) is 77.1 Å². The van der Waals surface area contributed by atoms with Crippen LogP contribution in [-0.2, 0) is 22.5 Å². The average molecular weight is 425 g/mol. The molecule has 0 saturated carbocycles. The molecule has 166 valence electrons. The summed E-state index contributed by atoms with van der Waals surface area (Å²) >= 11 is 0. The summed E-state index contributed by atoms with van der Waals surface area (Å²) in [6, 6.07) is 9.74. The first-order valence-electron chi connectivity index (χ1n) is 11.2. The standard InChI is InChI=1S/C24H32N4O3/c1-24(2,3)31-23(30)27-14-8-13-21(27)22(29)26-19-11-7-12-20-18(19)15-25-28(20)16-17-9-5-4-6-10-17/h4-6,9-10,15,19,21H,7-8,11-14,16H2,1-3H3,(H,26,29)/t19?,21-/m0/s1. The van der Waals surface area contributed by atoms with E-state index >= 15 is 0 Å². The van der Waals surface area contributed by atoms with Crippen molar-refractivity contribution in [1.29, 1.82) is 0 Å². The summed E-state index contributed by atoms with van der Waals surface area (Å²) in [4.78, 5) is 27.2. The second kappa shape index (κ2) is 8.73. The number of hydrogen-bond acceptors (Lipinski definition) is 4. The number of rotatable bonds is 4. The Bertz CT molecular complexity index is 932. The summed E-state index contributed by atoms with van der Waals surface area (Å²) in [5, 5.41) is 7.81. The first-order chi connectivity index (χ1) is 14.8. The Morgan fingerprint density at radius 1 is 1.16 bits per heavy atom. The second-order valence-electron chi connectivity index (χ2n) is 9.48. The Kier molecular flexibility index (Phi) is 6.03. The van der Waals surface area contributed by atoms with Gasteiger partial charge in [-0.25, -0.2) is 4.79 Å². The number of benzene rings is 1. The molecule has 0 bridgehead atoms. The Morgan fingerprint density at radius 2 is 1.94 bits per heavy atom. The molecule has 2 aromatic rings. The average Bonchev–Trinajstić information content (AvgIpc) is 3.36. The second-order valence-corrected chi connectivity index (χ2v) is 9.48. The van der Waals surface area contributed by atoms with Gasteiger partial charge >= 0.3 is 6.09 Å². The van der Waals surface area contributed by atoms with Crippen molar-refractivity contribution >= 4 is 12.0 Å². The van der Waals surface area contributed by atoms with Crippen LogP contribution in [0.2, 0.25) is 0 Å². The van der Waals surface area contributed by atoms with E-state index in [1.54, 1.807) is 4.90 Å². The van der Waals surface area contributed by atoms with E-state index in [1.807, 2.05) is 49.8 Å². The predicted molar refractivity (Wildman–Crippen MR) is 118 cm³/mol. The van der Waals surface area contributed by atoms with E-state index in [9.17, 15) is 9.59 Å². The molecule has 31 heavy (non-hydrogen) atoms. The first-order valence-corrected chi connectivity index (χ1v) is 11.2. The monoisotopic (exact) mass is 424 g/mol. The highest BCUT2D eigenvalue weighted by Gasteiger charge is 2.38. The van der Waals surface area contributed by atoms with E-state index in [-0.39, 0.29) is 11.9 Å². The number of likely N-dealkylation sites (tertiary alicyclic amines) is 1. The molecule has 1 aliphatic heterocycles. The smallest absolute Gasteiger partial charge is 0.410 e. The molecule has 1 saturated heterocycles. The van der Waals surface area contributed by atoms with Gasteiger partial charge in [0.2, 0.25) is 5.91 Å². The molecule has 1 aromatic heterocycles. The van der Waals surface area contributed by atoms with Crippen molar-refractivity contribution in [2.75, 3.05) is 6.54 Å². The molecular formula is C24H32N4O3. The van der Waals surface area contributed by atoms with Crippen LogP contribution in [0.1, 0.15) is 69.3 Å². The number of ether oxygens (including phenoxy) is 1. The SMILES string of the molecule is CC(C)(C)OC(=O)N1CCC[C@H]1C(=O)NC1CCCc2c1cnn2Cc1ccccc1. The normalized spacial score (nSPS) is 20.9. The number of fused-ring (bicyclic) bond motifs is 1. The molecule has 7 heteroatoms. The van der Waals surface area contributed by atoms with Gasteiger partial charge in [0.05, 0.1) is 18.8 Å². The first kappa shape index (κ1) is 21.4. The third kappa shape index (κ3) is 4.92. The fourth-order valence-electron chi connectivity index (χ4n) is 4.51. The molecule has 4 rings (SSSR count). The van der Waals surface area contributed by atoms with Gasteiger partial charge in [-0.15, -0.1) is 0 Å². The van der Waals surface area contributed by atoms with Crippen molar-refractivity contribution in [3.05, 3.63) is 53.3 Å². The van der Waals surface area contributed by atoms with Crippen molar-refractivity contribution in [2.24, 2.45) is 0 Å². The van der Waals surface area contributed by atoms with Crippen LogP contribution in [0.15, 0.2) is 36.5 Å². The van der Waals surface area contributed by atoms with E-state index in [0.717, 1.165) is 37.8 Å². The largest absolute Gasteiger partial charge is 0.444 e. The quantitative estimate of drug-likeness (QED) is 0.809. The van der Waals surface area contributed by atoms with Crippen molar-refractivity contribution < 1.29 is 14.3 Å². The lowest BCUT2D eigenvalue weighted by Crippen LogP contribution is -2.48. The Labute approximate surface area is 183 Å². The summed E-state index contributed by atoms with van der Waals surface area (Å²) in [6.45, 7) is 6.80. The molecule has 1 fully saturated rings. The lowest BCUT2D eigenvalue weighted by Gasteiger charge is -2.30. The van der Waals surface area contributed by atoms with Crippen LogP contribution in [-0.4, -0.2) is 44.9 Å². The molecule has 0 radical (unpaired) electrons. The molecular weight excluding hydrogens is 392 g/mol. The van der Waals surface area contributed by atoms with Crippen LogP contribution in [0.4, 0.5) is 4.79 Å². The van der Waals surface area contributed by atoms with Crippen LogP contribution in [0, 0.1) is 0 Å². The molecule has 2 heterocycles. The minimum Gasteiger partial charge on any atom is -0.444 e. The van der Waals surface area contributed by atoms with Gasteiger partial charge in [0.1, 0.15) is 11.6 Å². The maximum absolute atomic E-state index is 13.1. The molecule has 1 aromatic carbocycles. The molecule has 1 unspecified atom stereocenters. The summed E-state index contributed by atoms with van der Waals surface area (Å²) in [5.41, 5.74) is 2.92. The van der Waals surface area contributed by atoms with E-state index in [4.69, 9.17) is 4.74 Å². The van der Waals surface area contributed by atoms with Crippen LogP contribution in [0.25, 0.3) is 0 Å². The molecule has 1 N–H and O–H groups in total. The third-order valence-corrected chi connectivity index (χ3v) is 5.94. The van der Waals surface area contributed by atoms with Gasteiger partial charge in [0, 0.05) is 17.8 Å². The zero-order valence-electron chi connectivity index (χ0n) is 18.6. The molecule has 2 amide bonds. The highest BCUT2D eigenvalue weighted by atomic mass is 16.6. The van der Waals surface area contributed by atoms with Gasteiger partial charge in [-0.2, -0.15) is 5.10 Å². The van der Waals surface area contributed by atoms with Gasteiger partial charge in [0.15, 0.2) is 0 Å². The summed E-state index contributed by atoms with van der Waals surface area (Å²) < 4.78 is 7.55. The summed E-state index contributed by atoms with van der Waals surface area (Å²) in [7, 11) is 0. The number of carbonyl (C=O) groups is 2. The van der Waals surface area contributed by atoms with Crippen LogP contribution >= 0.6 is 0 Å². The van der Waals surface area contributed by atoms with Gasteiger partial charge in [0.25, 0.3) is 0 Å². The number of hydrogen-bond donors (Lipinski definition) is 1. The van der Waals surface area contributed by atoms with Crippen LogP contribution in [0.3, 0.4) is 0 Å². The van der Waals surface area contributed by atoms with Crippen LogP contribution in [0.5, 0.6) is 0 Å². The lowest BCUT2D eigenvalue weighted by molar-refractivity contribution is -0.126. The molecule has 1 aliphatic carbocycles. The number of carbonyl (C=O) groups excluding carboxylic acids is 2. The maximum atomic E-state index is 13.1. The van der Waals surface area contributed by atoms with Crippen LogP contribution < -0.4 is 5.32 Å². The van der Waals surface area contributed by atoms with Crippen molar-refractivity contribution in [3.8, 4) is 0 Å². The van der Waals surface area contributed by atoms with E-state index in [1.165, 1.54) is 11.3 Å². The van der Waals surface area contributed by atoms with E-state index in [2.05, 4.69) is 22.5 Å². The molecule has 7 nitrogen and oxygen atoms in total. The van der Waals surface area contributed by atoms with E-state index in [0.29, 0.717) is 13.0 Å². The summed E-state index contributed by atoms with van der Waals surface area (Å²) in [5.74, 6) is -0.1000. The van der Waals surface area contributed by atoms with E-state index < -0.39 is 17.7 Å². The zero-order chi connectivity index (χ0) is 22.0. The topological polar surface area (TPSA) is 76.5 Å². The highest BCUT2D eigenvalue weighted by molar-refractivity contribution is 5.86. The van der Waals surface area contributed by atoms with Crippen molar-refractivity contribution in [1.82, 2.24) is 20.0 Å². The lowest BCUT2D eigenvalue weighted by atomic mass is 9.92. The minimum absolute atomic E-state index is 0.0677. The maximum Gasteiger partial charge on any atom is 0.410 e. The fraction of sp³-hybridized carbons (Fsp3) is 0.542. The van der Waals surface area contributed by atoms with Gasteiger partial charge in [-0.1, -0.05) is 30.3 Å². The number of nitrogens with zero attached hydrogens (tertiary/aromatic N) is 3. The predicted octanol–water partition coefficient (Wildman–Crippen LogP) is 3.82. The number of amides is 2. The van der Waals surface area contributed by atoms with Gasteiger partial charge in [-0.3, -0.25) is 14.4 Å². The Morgan fingerprint density at radius 3 is 2.68 bits per heavy atom. The molecule has 2 atom stereocenters. The summed E-state index contributed by atoms with van der Waals surface area (Å²) in [6.07, 6.45) is 5.80. The zero-order valence-corrected chi connectivity index (χ0v) is 18.6. The Balaban J connectivity index is 1.45. The fourth-order valence-corrected chi connectivity index (χ4v) is 4.51. The number of nitrogens with one attached hydrogen (secondary N) is 1. The number of aromatic nitrogens is 2. The Hall–Kier alpha value is -2.83. The van der Waals surface area contributed by atoms with Gasteiger partial charge in [-0.05, 0) is 58.4 Å². The minimum atomic E-state index is -0.577. The van der Waals surface area contributed by atoms with Crippen molar-refractivity contribution in [3.63, 3.8) is 0 Å². The molecule has 0 spiro atoms. The van der Waals surface area contributed by atoms with Gasteiger partial charge < -0.3 is 10.1 Å². The molecule has 2 aliphatic rings. The third-order valence-electron chi connectivity index (χ3n) is 5.94. The highest BCUT2D eigenvalue weighted by Crippen LogP contribution is 2.31.